The quantitative estimate of drug-likeness (QED) is 0.657. The van der Waals surface area contributed by atoms with Gasteiger partial charge in [0.1, 0.15) is 5.78 Å². The van der Waals surface area contributed by atoms with E-state index < -0.39 is 42.4 Å². The Morgan fingerprint density at radius 1 is 1.00 bits per heavy atom. The number of rotatable bonds is 7. The van der Waals surface area contributed by atoms with Gasteiger partial charge in [0.05, 0.1) is 5.75 Å². The maximum absolute atomic E-state index is 12.6. The molecule has 128 valence electrons. The molecule has 0 atom stereocenters. The lowest BCUT2D eigenvalue weighted by Gasteiger charge is -2.45. The molecule has 0 spiro atoms. The Balaban J connectivity index is 5.79. The third-order valence-corrected chi connectivity index (χ3v) is 9.33. The molecule has 0 N–H and O–H groups in total. The van der Waals surface area contributed by atoms with Crippen LogP contribution in [0, 0.1) is 5.92 Å². The van der Waals surface area contributed by atoms with Crippen LogP contribution in [0.25, 0.3) is 0 Å². The van der Waals surface area contributed by atoms with Gasteiger partial charge in [0.15, 0.2) is 0 Å². The number of ketones is 1. The maximum atomic E-state index is 12.6. The molecular weight excluding hydrogens is 329 g/mol. The molecule has 21 heavy (non-hydrogen) atoms. The van der Waals surface area contributed by atoms with E-state index in [9.17, 15) is 26.4 Å². The molecule has 0 aliphatic carbocycles. The highest BCUT2D eigenvalue weighted by Gasteiger charge is 2.52. The van der Waals surface area contributed by atoms with Crippen LogP contribution in [-0.2, 0) is 18.5 Å². The highest BCUT2D eigenvalue weighted by atomic mass is 32.3. The van der Waals surface area contributed by atoms with Crippen LogP contribution < -0.4 is 0 Å². The van der Waals surface area contributed by atoms with Crippen molar-refractivity contribution in [2.75, 3.05) is 5.75 Å². The molecule has 0 saturated heterocycles. The molecule has 0 aliphatic rings. The Morgan fingerprint density at radius 3 is 1.62 bits per heavy atom. The first-order chi connectivity index (χ1) is 9.17. The zero-order valence-corrected chi connectivity index (χ0v) is 14.7. The van der Waals surface area contributed by atoms with E-state index in [0.717, 1.165) is 0 Å². The van der Waals surface area contributed by atoms with Gasteiger partial charge in [-0.2, -0.15) is 21.6 Å². The van der Waals surface area contributed by atoms with Gasteiger partial charge in [0.2, 0.25) is 0 Å². The van der Waals surface area contributed by atoms with Gasteiger partial charge in [0.25, 0.3) is 0 Å². The van der Waals surface area contributed by atoms with Crippen molar-refractivity contribution in [3.63, 3.8) is 0 Å². The molecule has 0 unspecified atom stereocenters. The van der Waals surface area contributed by atoms with Crippen molar-refractivity contribution in [1.29, 1.82) is 0 Å². The maximum Gasteiger partial charge on any atom is 0.523 e. The Kier molecular flexibility index (Phi) is 6.78. The summed E-state index contributed by atoms with van der Waals surface area (Å²) >= 11 is 0. The number of hydrogen-bond donors (Lipinski definition) is 0. The first-order valence-corrected chi connectivity index (χ1v) is 9.77. The van der Waals surface area contributed by atoms with Gasteiger partial charge in [-0.3, -0.25) is 4.79 Å². The summed E-state index contributed by atoms with van der Waals surface area (Å²) in [5.41, 5.74) is -5.49. The average Bonchev–Trinajstić information content (AvgIpc) is 2.24. The second-order valence-electron chi connectivity index (χ2n) is 5.61. The number of Topliss-reactive ketones (excluding diaryl/α,β-unsaturated/α-hetero) is 1. The van der Waals surface area contributed by atoms with Crippen molar-refractivity contribution in [2.24, 2.45) is 5.92 Å². The highest BCUT2D eigenvalue weighted by molar-refractivity contribution is 8.34. The fraction of sp³-hybridized carbons (Fsp3) is 0.917. The van der Waals surface area contributed by atoms with Gasteiger partial charge in [-0.25, -0.2) is 3.63 Å². The Labute approximate surface area is 126 Å². The lowest BCUT2D eigenvalue weighted by Crippen LogP contribution is -2.36. The smallest absolute Gasteiger partial charge is 0.298 e. The van der Waals surface area contributed by atoms with Crippen molar-refractivity contribution in [3.05, 3.63) is 0 Å². The number of carbonyl (C=O) groups excluding carboxylic acids is 1. The van der Waals surface area contributed by atoms with Crippen LogP contribution in [0.15, 0.2) is 0 Å². The molecule has 0 heterocycles. The largest absolute Gasteiger partial charge is 0.523 e. The van der Waals surface area contributed by atoms with Gasteiger partial charge in [0, 0.05) is 16.4 Å². The van der Waals surface area contributed by atoms with Crippen LogP contribution in [0.3, 0.4) is 0 Å². The topological polar surface area (TPSA) is 60.4 Å². The van der Waals surface area contributed by atoms with Crippen LogP contribution in [0.2, 0.25) is 0 Å². The zero-order chi connectivity index (χ0) is 17.2. The third-order valence-electron chi connectivity index (χ3n) is 3.11. The van der Waals surface area contributed by atoms with Gasteiger partial charge in [-0.1, -0.05) is 41.5 Å². The number of carbonyl (C=O) groups is 1. The number of halogens is 3. The van der Waals surface area contributed by atoms with Crippen molar-refractivity contribution >= 4 is 26.2 Å². The van der Waals surface area contributed by atoms with E-state index in [1.807, 2.05) is 0 Å². The zero-order valence-electron chi connectivity index (χ0n) is 13.0. The SMILES string of the molecule is CC(C)C(=O)CS(OS(=O)(=O)C(F)(F)F)(C(C)C)C(C)C. The fourth-order valence-corrected chi connectivity index (χ4v) is 7.28. The van der Waals surface area contributed by atoms with Crippen molar-refractivity contribution in [2.45, 2.75) is 57.6 Å². The molecule has 0 aromatic rings. The van der Waals surface area contributed by atoms with Gasteiger partial charge in [-0.05, 0) is 0 Å². The summed E-state index contributed by atoms with van der Waals surface area (Å²) in [6.45, 7) is 9.55. The molecule has 0 aromatic heterocycles. The lowest BCUT2D eigenvalue weighted by atomic mass is 10.1. The summed E-state index contributed by atoms with van der Waals surface area (Å²) in [7, 11) is -8.50. The minimum Gasteiger partial charge on any atom is -0.298 e. The Hall–Kier alpha value is -0.280. The van der Waals surface area contributed by atoms with E-state index in [0.29, 0.717) is 0 Å². The summed E-state index contributed by atoms with van der Waals surface area (Å²) < 4.78 is 65.2. The van der Waals surface area contributed by atoms with Gasteiger partial charge >= 0.3 is 15.6 Å². The van der Waals surface area contributed by atoms with E-state index >= 15 is 0 Å². The molecule has 0 rings (SSSR count). The molecule has 9 heteroatoms. The van der Waals surface area contributed by atoms with Gasteiger partial charge < -0.3 is 0 Å². The van der Waals surface area contributed by atoms with E-state index in [4.69, 9.17) is 0 Å². The summed E-state index contributed by atoms with van der Waals surface area (Å²) in [4.78, 5) is 12.0. The molecule has 0 amide bonds. The van der Waals surface area contributed by atoms with E-state index in [-0.39, 0.29) is 11.5 Å². The van der Waals surface area contributed by atoms with Crippen LogP contribution in [-0.4, -0.2) is 36.0 Å². The second-order valence-corrected chi connectivity index (χ2v) is 11.3. The molecule has 0 fully saturated rings. The Morgan fingerprint density at radius 2 is 1.38 bits per heavy atom. The molecule has 0 aliphatic heterocycles. The normalized spacial score (nSPS) is 15.0. The number of hydrogen-bond acceptors (Lipinski definition) is 4. The first kappa shape index (κ1) is 20.7. The molecule has 0 saturated carbocycles. The number of alkyl halides is 3. The molecular formula is C12H23F3O4S2. The summed E-state index contributed by atoms with van der Waals surface area (Å²) in [5, 5.41) is -1.00. The van der Waals surface area contributed by atoms with E-state index in [1.165, 1.54) is 0 Å². The minimum atomic E-state index is -5.73. The van der Waals surface area contributed by atoms with Crippen molar-refractivity contribution < 1.29 is 30.0 Å². The second kappa shape index (κ2) is 6.87. The Bertz CT molecular complexity index is 459. The van der Waals surface area contributed by atoms with Crippen LogP contribution >= 0.6 is 10.3 Å². The minimum absolute atomic E-state index is 0.296. The van der Waals surface area contributed by atoms with Crippen LogP contribution in [0.4, 0.5) is 13.2 Å². The monoisotopic (exact) mass is 352 g/mol. The van der Waals surface area contributed by atoms with E-state index in [1.54, 1.807) is 41.5 Å². The molecule has 0 radical (unpaired) electrons. The fourth-order valence-electron chi connectivity index (χ4n) is 1.65. The first-order valence-electron chi connectivity index (χ1n) is 6.51. The van der Waals surface area contributed by atoms with E-state index in [2.05, 4.69) is 3.63 Å². The predicted octanol–water partition coefficient (Wildman–Crippen LogP) is 3.61. The van der Waals surface area contributed by atoms with Crippen LogP contribution in [0.1, 0.15) is 41.5 Å². The van der Waals surface area contributed by atoms with Crippen molar-refractivity contribution in [1.82, 2.24) is 0 Å². The predicted molar refractivity (Wildman–Crippen MR) is 78.6 cm³/mol. The van der Waals surface area contributed by atoms with Crippen molar-refractivity contribution in [3.8, 4) is 0 Å². The summed E-state index contributed by atoms with van der Waals surface area (Å²) in [6, 6.07) is 0. The molecule has 4 nitrogen and oxygen atoms in total. The molecule has 0 bridgehead atoms. The van der Waals surface area contributed by atoms with Gasteiger partial charge in [-0.15, -0.1) is 10.3 Å². The lowest BCUT2D eigenvalue weighted by molar-refractivity contribution is -0.119. The third kappa shape index (κ3) is 4.85. The highest BCUT2D eigenvalue weighted by Crippen LogP contribution is 2.60. The average molecular weight is 352 g/mol. The summed E-state index contributed by atoms with van der Waals surface area (Å²) in [6.07, 6.45) is 0. The standard InChI is InChI=1S/C12H23F3O4S2/c1-8(2)11(16)7-20(9(3)4,10(5)6)19-21(17,18)12(13,14)15/h8-10H,7H2,1-6H3. The molecule has 0 aromatic carbocycles. The van der Waals surface area contributed by atoms with Crippen LogP contribution in [0.5, 0.6) is 0 Å². The summed E-state index contributed by atoms with van der Waals surface area (Å²) in [5.74, 6) is -0.994.